The van der Waals surface area contributed by atoms with Crippen LogP contribution >= 0.6 is 0 Å². The molecule has 98 valence electrons. The van der Waals surface area contributed by atoms with Gasteiger partial charge in [0.15, 0.2) is 0 Å². The number of pyridine rings is 1. The molecule has 0 aliphatic rings. The number of carbonyl (C=O) groups is 1. The quantitative estimate of drug-likeness (QED) is 0.914. The molecule has 1 atom stereocenters. The minimum Gasteiger partial charge on any atom is -0.344 e. The maximum Gasteiger partial charge on any atom is 0.252 e. The first-order valence-corrected chi connectivity index (χ1v) is 6.37. The molecular formula is C16H18N2O. The van der Waals surface area contributed by atoms with E-state index in [0.717, 1.165) is 22.4 Å². The minimum atomic E-state index is -0.103. The van der Waals surface area contributed by atoms with Gasteiger partial charge in [-0.25, -0.2) is 0 Å². The summed E-state index contributed by atoms with van der Waals surface area (Å²) in [5, 5.41) is 2.98. The monoisotopic (exact) mass is 254 g/mol. The lowest BCUT2D eigenvalue weighted by Gasteiger charge is -2.14. The number of nitrogens with zero attached hydrogens (tertiary/aromatic N) is 1. The van der Waals surface area contributed by atoms with Crippen LogP contribution in [0.1, 0.15) is 40.1 Å². The Labute approximate surface area is 113 Å². The van der Waals surface area contributed by atoms with Gasteiger partial charge in [-0.15, -0.1) is 0 Å². The molecule has 0 aliphatic heterocycles. The van der Waals surface area contributed by atoms with Gasteiger partial charge in [0.1, 0.15) is 0 Å². The van der Waals surface area contributed by atoms with E-state index in [-0.39, 0.29) is 11.9 Å². The van der Waals surface area contributed by atoms with Crippen LogP contribution in [0.3, 0.4) is 0 Å². The molecule has 19 heavy (non-hydrogen) atoms. The first-order chi connectivity index (χ1) is 9.08. The molecule has 0 saturated carbocycles. The summed E-state index contributed by atoms with van der Waals surface area (Å²) in [5.41, 5.74) is 3.65. The van der Waals surface area contributed by atoms with Crippen LogP contribution in [0.2, 0.25) is 0 Å². The van der Waals surface area contributed by atoms with Gasteiger partial charge in [-0.05, 0) is 44.5 Å². The van der Waals surface area contributed by atoms with Crippen molar-refractivity contribution < 1.29 is 4.79 Å². The first kappa shape index (κ1) is 13.3. The maximum atomic E-state index is 12.3. The van der Waals surface area contributed by atoms with Gasteiger partial charge < -0.3 is 5.32 Å². The lowest BCUT2D eigenvalue weighted by atomic mass is 10.0. The van der Waals surface area contributed by atoms with Crippen LogP contribution in [0, 0.1) is 13.8 Å². The highest BCUT2D eigenvalue weighted by Crippen LogP contribution is 2.13. The summed E-state index contributed by atoms with van der Waals surface area (Å²) < 4.78 is 0. The van der Waals surface area contributed by atoms with E-state index in [2.05, 4.69) is 10.3 Å². The van der Waals surface area contributed by atoms with E-state index in [0.29, 0.717) is 0 Å². The first-order valence-electron chi connectivity index (χ1n) is 6.37. The molecule has 1 heterocycles. The van der Waals surface area contributed by atoms with Crippen molar-refractivity contribution in [3.63, 3.8) is 0 Å². The van der Waals surface area contributed by atoms with E-state index in [1.165, 1.54) is 0 Å². The van der Waals surface area contributed by atoms with Crippen molar-refractivity contribution in [2.75, 3.05) is 0 Å². The summed E-state index contributed by atoms with van der Waals surface area (Å²) in [7, 11) is 0. The lowest BCUT2D eigenvalue weighted by molar-refractivity contribution is 0.0938. The molecular weight excluding hydrogens is 236 g/mol. The summed E-state index contributed by atoms with van der Waals surface area (Å²) in [5.74, 6) is -0.0562. The van der Waals surface area contributed by atoms with Crippen LogP contribution in [0.4, 0.5) is 0 Å². The molecule has 1 amide bonds. The van der Waals surface area contributed by atoms with Crippen molar-refractivity contribution in [3.8, 4) is 0 Å². The Morgan fingerprint density at radius 1 is 1.21 bits per heavy atom. The van der Waals surface area contributed by atoms with E-state index in [1.54, 1.807) is 6.20 Å². The number of hydrogen-bond donors (Lipinski definition) is 1. The van der Waals surface area contributed by atoms with Crippen molar-refractivity contribution >= 4 is 5.91 Å². The third-order valence-corrected chi connectivity index (χ3v) is 3.12. The summed E-state index contributed by atoms with van der Waals surface area (Å²) in [6.45, 7) is 5.86. The molecule has 0 fully saturated rings. The van der Waals surface area contributed by atoms with Crippen LogP contribution in [0.15, 0.2) is 42.6 Å². The minimum absolute atomic E-state index is 0.0562. The fourth-order valence-corrected chi connectivity index (χ4v) is 1.96. The van der Waals surface area contributed by atoms with Crippen LogP contribution in [-0.4, -0.2) is 10.9 Å². The van der Waals surface area contributed by atoms with Crippen molar-refractivity contribution in [1.29, 1.82) is 0 Å². The van der Waals surface area contributed by atoms with Gasteiger partial charge in [0.2, 0.25) is 0 Å². The predicted molar refractivity (Wildman–Crippen MR) is 76.0 cm³/mol. The SMILES string of the molecule is Cc1ccc(C)c(C(=O)N[C@@H](C)c2ccccn2)c1. The van der Waals surface area contributed by atoms with Crippen LogP contribution in [-0.2, 0) is 0 Å². The molecule has 0 spiro atoms. The lowest BCUT2D eigenvalue weighted by Crippen LogP contribution is -2.27. The van der Waals surface area contributed by atoms with Gasteiger partial charge in [0, 0.05) is 11.8 Å². The number of benzene rings is 1. The average Bonchev–Trinajstić information content (AvgIpc) is 2.42. The van der Waals surface area contributed by atoms with Crippen molar-refractivity contribution in [2.45, 2.75) is 26.8 Å². The highest BCUT2D eigenvalue weighted by Gasteiger charge is 2.13. The normalized spacial score (nSPS) is 11.9. The Morgan fingerprint density at radius 3 is 2.68 bits per heavy atom. The highest BCUT2D eigenvalue weighted by molar-refractivity contribution is 5.96. The third-order valence-electron chi connectivity index (χ3n) is 3.12. The molecule has 2 rings (SSSR count). The zero-order chi connectivity index (χ0) is 13.8. The third kappa shape index (κ3) is 3.19. The molecule has 1 aromatic carbocycles. The summed E-state index contributed by atoms with van der Waals surface area (Å²) in [6, 6.07) is 11.5. The van der Waals surface area contributed by atoms with Crippen LogP contribution in [0.25, 0.3) is 0 Å². The fraction of sp³-hybridized carbons (Fsp3) is 0.250. The standard InChI is InChI=1S/C16H18N2O/c1-11-7-8-12(2)14(10-11)16(19)18-13(3)15-6-4-5-9-17-15/h4-10,13H,1-3H3,(H,18,19)/t13-/m0/s1. The van der Waals surface area contributed by atoms with Gasteiger partial charge in [-0.3, -0.25) is 9.78 Å². The van der Waals surface area contributed by atoms with E-state index in [9.17, 15) is 4.79 Å². The van der Waals surface area contributed by atoms with E-state index in [1.807, 2.05) is 57.2 Å². The molecule has 3 nitrogen and oxygen atoms in total. The molecule has 0 aliphatic carbocycles. The second-order valence-electron chi connectivity index (χ2n) is 4.77. The van der Waals surface area contributed by atoms with Crippen LogP contribution in [0.5, 0.6) is 0 Å². The zero-order valence-electron chi connectivity index (χ0n) is 11.5. The second-order valence-corrected chi connectivity index (χ2v) is 4.77. The molecule has 0 radical (unpaired) electrons. The van der Waals surface area contributed by atoms with Crippen molar-refractivity contribution in [1.82, 2.24) is 10.3 Å². The molecule has 0 bridgehead atoms. The zero-order valence-corrected chi connectivity index (χ0v) is 11.5. The number of nitrogens with one attached hydrogen (secondary N) is 1. The summed E-state index contributed by atoms with van der Waals surface area (Å²) in [4.78, 5) is 16.5. The van der Waals surface area contributed by atoms with E-state index >= 15 is 0 Å². The van der Waals surface area contributed by atoms with Gasteiger partial charge in [-0.2, -0.15) is 0 Å². The Hall–Kier alpha value is -2.16. The molecule has 0 saturated heterocycles. The number of aromatic nitrogens is 1. The van der Waals surface area contributed by atoms with Gasteiger partial charge in [0.25, 0.3) is 5.91 Å². The molecule has 2 aromatic rings. The van der Waals surface area contributed by atoms with Gasteiger partial charge in [0.05, 0.1) is 11.7 Å². The average molecular weight is 254 g/mol. The van der Waals surface area contributed by atoms with Crippen molar-refractivity contribution in [2.24, 2.45) is 0 Å². The Bertz CT molecular complexity index is 579. The Kier molecular flexibility index (Phi) is 3.95. The van der Waals surface area contributed by atoms with Gasteiger partial charge in [-0.1, -0.05) is 23.8 Å². The Morgan fingerprint density at radius 2 is 2.00 bits per heavy atom. The maximum absolute atomic E-state index is 12.3. The van der Waals surface area contributed by atoms with Crippen molar-refractivity contribution in [3.05, 3.63) is 65.0 Å². The molecule has 1 N–H and O–H groups in total. The Balaban J connectivity index is 2.15. The van der Waals surface area contributed by atoms with Gasteiger partial charge >= 0.3 is 0 Å². The molecule has 3 heteroatoms. The predicted octanol–water partition coefficient (Wildman–Crippen LogP) is 3.19. The molecule has 0 unspecified atom stereocenters. The van der Waals surface area contributed by atoms with E-state index in [4.69, 9.17) is 0 Å². The van der Waals surface area contributed by atoms with Crippen LogP contribution < -0.4 is 5.32 Å². The highest BCUT2D eigenvalue weighted by atomic mass is 16.1. The smallest absolute Gasteiger partial charge is 0.252 e. The topological polar surface area (TPSA) is 42.0 Å². The number of aryl methyl sites for hydroxylation is 2. The molecule has 1 aromatic heterocycles. The number of rotatable bonds is 3. The number of carbonyl (C=O) groups excluding carboxylic acids is 1. The number of hydrogen-bond acceptors (Lipinski definition) is 2. The fourth-order valence-electron chi connectivity index (χ4n) is 1.96. The number of amides is 1. The second kappa shape index (κ2) is 5.65. The van der Waals surface area contributed by atoms with E-state index < -0.39 is 0 Å². The summed E-state index contributed by atoms with van der Waals surface area (Å²) in [6.07, 6.45) is 1.73. The summed E-state index contributed by atoms with van der Waals surface area (Å²) >= 11 is 0. The largest absolute Gasteiger partial charge is 0.344 e.